The van der Waals surface area contributed by atoms with Gasteiger partial charge in [-0.25, -0.2) is 0 Å². The zero-order valence-electron chi connectivity index (χ0n) is 20.7. The number of carbonyl (C=O) groups is 1. The van der Waals surface area contributed by atoms with Crippen LogP contribution in [0.15, 0.2) is 120 Å². The Morgan fingerprint density at radius 3 is 1.97 bits per heavy atom. The van der Waals surface area contributed by atoms with E-state index in [0.29, 0.717) is 16.7 Å². The minimum absolute atomic E-state index is 0.0455. The summed E-state index contributed by atoms with van der Waals surface area (Å²) in [5, 5.41) is 13.2. The van der Waals surface area contributed by atoms with E-state index in [1.54, 1.807) is 4.90 Å². The van der Waals surface area contributed by atoms with Gasteiger partial charge in [-0.05, 0) is 67.6 Å². The fourth-order valence-electron chi connectivity index (χ4n) is 4.02. The number of hydrogen-bond donors (Lipinski definition) is 1. The number of benzene rings is 4. The van der Waals surface area contributed by atoms with Gasteiger partial charge in [0.15, 0.2) is 11.0 Å². The van der Waals surface area contributed by atoms with E-state index in [0.717, 1.165) is 28.6 Å². The van der Waals surface area contributed by atoms with E-state index >= 15 is 0 Å². The Morgan fingerprint density at radius 1 is 0.842 bits per heavy atom. The molecule has 0 aliphatic heterocycles. The van der Waals surface area contributed by atoms with Crippen LogP contribution in [-0.2, 0) is 11.3 Å². The second kappa shape index (κ2) is 12.0. The van der Waals surface area contributed by atoms with Crippen LogP contribution in [0.1, 0.15) is 12.7 Å². The molecule has 0 fully saturated rings. The van der Waals surface area contributed by atoms with Crippen LogP contribution in [0.2, 0.25) is 5.02 Å². The van der Waals surface area contributed by atoms with Gasteiger partial charge in [-0.2, -0.15) is 0 Å². The molecular weight excluding hydrogens is 514 g/mol. The van der Waals surface area contributed by atoms with Gasteiger partial charge in [0.25, 0.3) is 0 Å². The highest BCUT2D eigenvalue weighted by atomic mass is 35.5. The van der Waals surface area contributed by atoms with Crippen LogP contribution in [-0.4, -0.2) is 25.9 Å². The van der Waals surface area contributed by atoms with Gasteiger partial charge in [0, 0.05) is 27.8 Å². The molecule has 0 unspecified atom stereocenters. The van der Waals surface area contributed by atoms with Gasteiger partial charge in [0.05, 0.1) is 11.8 Å². The van der Waals surface area contributed by atoms with E-state index in [9.17, 15) is 4.79 Å². The lowest BCUT2D eigenvalue weighted by molar-refractivity contribution is -0.117. The van der Waals surface area contributed by atoms with Crippen molar-refractivity contribution in [3.63, 3.8) is 0 Å². The number of nitrogens with one attached hydrogen (secondary N) is 1. The summed E-state index contributed by atoms with van der Waals surface area (Å²) in [7, 11) is 0. The van der Waals surface area contributed by atoms with Gasteiger partial charge in [-0.15, -0.1) is 10.2 Å². The monoisotopic (exact) mass is 539 g/mol. The highest BCUT2D eigenvalue weighted by Crippen LogP contribution is 2.32. The summed E-state index contributed by atoms with van der Waals surface area (Å²) in [6.45, 7) is 2.36. The number of nitrogens with zero attached hydrogens (tertiary/aromatic N) is 4. The van der Waals surface area contributed by atoms with E-state index in [4.69, 9.17) is 11.6 Å². The summed E-state index contributed by atoms with van der Waals surface area (Å²) in [5.74, 6) is 0.687. The fourth-order valence-corrected chi connectivity index (χ4v) is 5.08. The molecule has 0 saturated heterocycles. The van der Waals surface area contributed by atoms with Crippen LogP contribution in [0, 0.1) is 0 Å². The minimum atomic E-state index is -0.431. The Morgan fingerprint density at radius 2 is 1.39 bits per heavy atom. The highest BCUT2D eigenvalue weighted by Gasteiger charge is 2.27. The Hall–Kier alpha value is -4.07. The van der Waals surface area contributed by atoms with Gasteiger partial charge in [0.1, 0.15) is 0 Å². The topological polar surface area (TPSA) is 63.1 Å². The zero-order valence-corrected chi connectivity index (χ0v) is 22.3. The molecule has 5 aromatic rings. The Labute approximate surface area is 231 Å². The molecule has 38 heavy (non-hydrogen) atoms. The van der Waals surface area contributed by atoms with Crippen molar-refractivity contribution in [1.29, 1.82) is 0 Å². The van der Waals surface area contributed by atoms with E-state index < -0.39 is 5.25 Å². The predicted octanol–water partition coefficient (Wildman–Crippen LogP) is 7.38. The second-order valence-electron chi connectivity index (χ2n) is 8.54. The number of hydrogen-bond acceptors (Lipinski definition) is 5. The van der Waals surface area contributed by atoms with E-state index in [-0.39, 0.29) is 5.91 Å². The average molecular weight is 540 g/mol. The normalized spacial score (nSPS) is 11.6. The molecule has 0 spiro atoms. The highest BCUT2D eigenvalue weighted by molar-refractivity contribution is 8.00. The van der Waals surface area contributed by atoms with Crippen LogP contribution in [0.25, 0.3) is 5.69 Å². The van der Waals surface area contributed by atoms with Gasteiger partial charge in [-0.3, -0.25) is 14.3 Å². The minimum Gasteiger partial charge on any atom is -0.378 e. The van der Waals surface area contributed by atoms with E-state index in [1.165, 1.54) is 11.8 Å². The lowest BCUT2D eigenvalue weighted by Gasteiger charge is -2.26. The summed E-state index contributed by atoms with van der Waals surface area (Å²) in [5.41, 5.74) is 3.48. The number of para-hydroxylation sites is 3. The molecule has 4 aromatic carbocycles. The molecule has 0 saturated carbocycles. The molecule has 0 radical (unpaired) electrons. The zero-order chi connectivity index (χ0) is 26.3. The van der Waals surface area contributed by atoms with Crippen molar-refractivity contribution in [2.24, 2.45) is 0 Å². The molecule has 1 amide bonds. The van der Waals surface area contributed by atoms with E-state index in [1.807, 2.05) is 127 Å². The first kappa shape index (κ1) is 25.6. The van der Waals surface area contributed by atoms with E-state index in [2.05, 4.69) is 15.5 Å². The molecule has 1 aromatic heterocycles. The second-order valence-corrected chi connectivity index (χ2v) is 10.3. The molecule has 0 aliphatic rings. The Kier molecular flexibility index (Phi) is 8.06. The van der Waals surface area contributed by atoms with Crippen molar-refractivity contribution in [2.45, 2.75) is 23.9 Å². The first-order valence-electron chi connectivity index (χ1n) is 12.2. The molecule has 1 N–H and O–H groups in total. The molecule has 8 heteroatoms. The molecule has 1 atom stereocenters. The third kappa shape index (κ3) is 5.90. The number of aromatic nitrogens is 3. The largest absolute Gasteiger partial charge is 0.378 e. The number of thioether (sulfide) groups is 1. The van der Waals surface area contributed by atoms with Crippen molar-refractivity contribution in [3.05, 3.63) is 126 Å². The summed E-state index contributed by atoms with van der Waals surface area (Å²) in [6, 6.07) is 36.8. The molecule has 190 valence electrons. The lowest BCUT2D eigenvalue weighted by Crippen LogP contribution is -2.33. The maximum Gasteiger partial charge on any atom is 0.244 e. The van der Waals surface area contributed by atoms with Crippen LogP contribution in [0.5, 0.6) is 0 Å². The first-order chi connectivity index (χ1) is 18.6. The quantitative estimate of drug-likeness (QED) is 0.198. The number of rotatable bonds is 9. The third-order valence-electron chi connectivity index (χ3n) is 5.89. The van der Waals surface area contributed by atoms with Gasteiger partial charge < -0.3 is 5.32 Å². The van der Waals surface area contributed by atoms with Crippen molar-refractivity contribution in [2.75, 3.05) is 10.2 Å². The average Bonchev–Trinajstić information content (AvgIpc) is 3.36. The molecule has 5 rings (SSSR count). The standard InChI is InChI=1S/C30H26ClN5OS/c1-22(29(37)35(25-11-5-2-6-12-25)26-13-7-3-8-14-26)38-30-34-33-28(36(30)27-15-9-4-10-16-27)21-32-24-19-17-23(31)18-20-24/h2-20,22,32H,21H2,1H3/t22-/m1/s1. The smallest absolute Gasteiger partial charge is 0.244 e. The molecular formula is C30H26ClN5OS. The summed E-state index contributed by atoms with van der Waals surface area (Å²) >= 11 is 7.41. The van der Waals surface area contributed by atoms with Crippen LogP contribution < -0.4 is 10.2 Å². The maximum atomic E-state index is 13.9. The number of carbonyl (C=O) groups excluding carboxylic acids is 1. The molecule has 0 bridgehead atoms. The summed E-state index contributed by atoms with van der Waals surface area (Å²) < 4.78 is 1.99. The molecule has 0 aliphatic carbocycles. The number of anilines is 3. The first-order valence-corrected chi connectivity index (χ1v) is 13.5. The van der Waals surface area contributed by atoms with Crippen molar-refractivity contribution < 1.29 is 4.79 Å². The SMILES string of the molecule is C[C@@H](Sc1nnc(CNc2ccc(Cl)cc2)n1-c1ccccc1)C(=O)N(c1ccccc1)c1ccccc1. The third-order valence-corrected chi connectivity index (χ3v) is 7.17. The van der Waals surface area contributed by atoms with Gasteiger partial charge >= 0.3 is 0 Å². The molecule has 1 heterocycles. The molecule has 6 nitrogen and oxygen atoms in total. The van der Waals surface area contributed by atoms with Gasteiger partial charge in [-0.1, -0.05) is 78.0 Å². The number of halogens is 1. The van der Waals surface area contributed by atoms with Crippen molar-refractivity contribution >= 4 is 46.3 Å². The van der Waals surface area contributed by atoms with Gasteiger partial charge in [0.2, 0.25) is 5.91 Å². The van der Waals surface area contributed by atoms with Crippen LogP contribution in [0.4, 0.5) is 17.1 Å². The predicted molar refractivity (Wildman–Crippen MR) is 155 cm³/mol. The fraction of sp³-hybridized carbons (Fsp3) is 0.100. The van der Waals surface area contributed by atoms with Crippen molar-refractivity contribution in [3.8, 4) is 5.69 Å². The Bertz CT molecular complexity index is 1440. The van der Waals surface area contributed by atoms with Crippen molar-refractivity contribution in [1.82, 2.24) is 14.8 Å². The van der Waals surface area contributed by atoms with Crippen LogP contribution in [0.3, 0.4) is 0 Å². The maximum absolute atomic E-state index is 13.9. The summed E-state index contributed by atoms with van der Waals surface area (Å²) in [6.07, 6.45) is 0. The Balaban J connectivity index is 1.43. The number of amides is 1. The van der Waals surface area contributed by atoms with Crippen LogP contribution >= 0.6 is 23.4 Å². The summed E-state index contributed by atoms with van der Waals surface area (Å²) in [4.78, 5) is 15.6. The lowest BCUT2D eigenvalue weighted by atomic mass is 10.2.